The Labute approximate surface area is 84.3 Å². The summed E-state index contributed by atoms with van der Waals surface area (Å²) in [6.45, 7) is 1.49. The van der Waals surface area contributed by atoms with E-state index in [0.717, 1.165) is 3.57 Å². The van der Waals surface area contributed by atoms with Gasteiger partial charge >= 0.3 is 0 Å². The van der Waals surface area contributed by atoms with E-state index in [0.29, 0.717) is 11.1 Å². The summed E-state index contributed by atoms with van der Waals surface area (Å²) in [5, 5.41) is 8.66. The second-order valence-corrected chi connectivity index (χ2v) is 3.52. The standard InChI is InChI=1S/C9H6INO/c1-6(12)7-2-3-9(10)8(4-7)5-11/h2-4H,1H3. The van der Waals surface area contributed by atoms with Gasteiger partial charge in [0.15, 0.2) is 5.78 Å². The zero-order valence-corrected chi connectivity index (χ0v) is 8.62. The molecule has 3 heteroatoms. The molecule has 0 atom stereocenters. The molecule has 0 unspecified atom stereocenters. The minimum Gasteiger partial charge on any atom is -0.295 e. The molecule has 0 saturated heterocycles. The molecule has 0 aliphatic carbocycles. The lowest BCUT2D eigenvalue weighted by Gasteiger charge is -1.97. The highest BCUT2D eigenvalue weighted by Crippen LogP contribution is 2.13. The normalized spacial score (nSPS) is 9.08. The van der Waals surface area contributed by atoms with Gasteiger partial charge in [0.2, 0.25) is 0 Å². The first-order valence-electron chi connectivity index (χ1n) is 3.35. The van der Waals surface area contributed by atoms with E-state index >= 15 is 0 Å². The topological polar surface area (TPSA) is 40.9 Å². The van der Waals surface area contributed by atoms with E-state index in [2.05, 4.69) is 22.6 Å². The molecule has 1 aromatic carbocycles. The molecular formula is C9H6INO. The average molecular weight is 271 g/mol. The molecule has 0 aromatic heterocycles. The number of carbonyl (C=O) groups excluding carboxylic acids is 1. The minimum atomic E-state index is -0.0112. The van der Waals surface area contributed by atoms with Gasteiger partial charge in [0.25, 0.3) is 0 Å². The van der Waals surface area contributed by atoms with Crippen molar-refractivity contribution in [2.24, 2.45) is 0 Å². The number of hydrogen-bond donors (Lipinski definition) is 0. The number of carbonyl (C=O) groups is 1. The quantitative estimate of drug-likeness (QED) is 0.581. The smallest absolute Gasteiger partial charge is 0.159 e. The number of Topliss-reactive ketones (excluding diaryl/α,β-unsaturated/α-hetero) is 1. The summed E-state index contributed by atoms with van der Waals surface area (Å²) in [6, 6.07) is 7.15. The summed E-state index contributed by atoms with van der Waals surface area (Å²) in [5.41, 5.74) is 1.15. The number of benzene rings is 1. The number of ketones is 1. The number of nitriles is 1. The van der Waals surface area contributed by atoms with Crippen LogP contribution < -0.4 is 0 Å². The van der Waals surface area contributed by atoms with Crippen molar-refractivity contribution >= 4 is 28.4 Å². The third-order valence-electron chi connectivity index (χ3n) is 1.49. The SMILES string of the molecule is CC(=O)c1ccc(I)c(C#N)c1. The number of rotatable bonds is 1. The maximum absolute atomic E-state index is 10.9. The Morgan fingerprint density at radius 3 is 2.75 bits per heavy atom. The van der Waals surface area contributed by atoms with Crippen LogP contribution in [-0.4, -0.2) is 5.78 Å². The van der Waals surface area contributed by atoms with E-state index in [1.165, 1.54) is 6.92 Å². The van der Waals surface area contributed by atoms with E-state index in [9.17, 15) is 4.79 Å². The molecule has 60 valence electrons. The molecule has 0 aliphatic heterocycles. The minimum absolute atomic E-state index is 0.0112. The Kier molecular flexibility index (Phi) is 2.82. The highest BCUT2D eigenvalue weighted by Gasteiger charge is 2.03. The summed E-state index contributed by atoms with van der Waals surface area (Å²) in [5.74, 6) is -0.0112. The van der Waals surface area contributed by atoms with Crippen molar-refractivity contribution in [3.05, 3.63) is 32.9 Å². The van der Waals surface area contributed by atoms with Gasteiger partial charge in [0, 0.05) is 9.13 Å². The fraction of sp³-hybridized carbons (Fsp3) is 0.111. The van der Waals surface area contributed by atoms with Gasteiger partial charge in [0.05, 0.1) is 5.56 Å². The number of hydrogen-bond acceptors (Lipinski definition) is 2. The molecule has 0 heterocycles. The molecule has 0 aliphatic rings. The lowest BCUT2D eigenvalue weighted by molar-refractivity contribution is 0.101. The Hall–Kier alpha value is -0.890. The van der Waals surface area contributed by atoms with Crippen LogP contribution in [0.1, 0.15) is 22.8 Å². The summed E-state index contributed by atoms with van der Waals surface area (Å²) in [6.07, 6.45) is 0. The zero-order chi connectivity index (χ0) is 9.14. The fourth-order valence-corrected chi connectivity index (χ4v) is 1.29. The van der Waals surface area contributed by atoms with Crippen molar-refractivity contribution in [1.82, 2.24) is 0 Å². The van der Waals surface area contributed by atoms with Crippen LogP contribution in [0.15, 0.2) is 18.2 Å². The van der Waals surface area contributed by atoms with E-state index in [-0.39, 0.29) is 5.78 Å². The molecule has 0 fully saturated rings. The molecule has 0 saturated carbocycles. The van der Waals surface area contributed by atoms with E-state index in [1.54, 1.807) is 18.2 Å². The van der Waals surface area contributed by atoms with Crippen molar-refractivity contribution in [1.29, 1.82) is 5.26 Å². The van der Waals surface area contributed by atoms with Crippen LogP contribution in [0.25, 0.3) is 0 Å². The van der Waals surface area contributed by atoms with Crippen molar-refractivity contribution < 1.29 is 4.79 Å². The lowest BCUT2D eigenvalue weighted by Crippen LogP contribution is -1.93. The zero-order valence-electron chi connectivity index (χ0n) is 6.47. The molecule has 0 amide bonds. The van der Waals surface area contributed by atoms with Gasteiger partial charge < -0.3 is 0 Å². The Morgan fingerprint density at radius 2 is 2.25 bits per heavy atom. The van der Waals surface area contributed by atoms with Crippen LogP contribution in [0.2, 0.25) is 0 Å². The summed E-state index contributed by atoms with van der Waals surface area (Å²) < 4.78 is 0.875. The van der Waals surface area contributed by atoms with Crippen LogP contribution in [0.3, 0.4) is 0 Å². The highest BCUT2D eigenvalue weighted by atomic mass is 127. The van der Waals surface area contributed by atoms with Crippen molar-refractivity contribution in [3.63, 3.8) is 0 Å². The monoisotopic (exact) mass is 271 g/mol. The lowest BCUT2D eigenvalue weighted by atomic mass is 10.1. The van der Waals surface area contributed by atoms with Gasteiger partial charge in [-0.3, -0.25) is 4.79 Å². The van der Waals surface area contributed by atoms with Crippen molar-refractivity contribution in [2.75, 3.05) is 0 Å². The highest BCUT2D eigenvalue weighted by molar-refractivity contribution is 14.1. The van der Waals surface area contributed by atoms with Gasteiger partial charge in [-0.15, -0.1) is 0 Å². The number of nitrogens with zero attached hydrogens (tertiary/aromatic N) is 1. The fourth-order valence-electron chi connectivity index (χ4n) is 0.830. The van der Waals surface area contributed by atoms with Crippen LogP contribution in [0.5, 0.6) is 0 Å². The van der Waals surface area contributed by atoms with Gasteiger partial charge in [-0.05, 0) is 41.6 Å². The molecule has 0 radical (unpaired) electrons. The molecule has 1 aromatic rings. The van der Waals surface area contributed by atoms with Crippen LogP contribution >= 0.6 is 22.6 Å². The second kappa shape index (κ2) is 3.68. The maximum Gasteiger partial charge on any atom is 0.159 e. The second-order valence-electron chi connectivity index (χ2n) is 2.36. The first-order valence-corrected chi connectivity index (χ1v) is 4.43. The third kappa shape index (κ3) is 1.83. The average Bonchev–Trinajstić information content (AvgIpc) is 2.05. The van der Waals surface area contributed by atoms with Gasteiger partial charge in [-0.2, -0.15) is 5.26 Å². The predicted octanol–water partition coefficient (Wildman–Crippen LogP) is 2.37. The molecule has 0 spiro atoms. The van der Waals surface area contributed by atoms with E-state index in [4.69, 9.17) is 5.26 Å². The van der Waals surface area contributed by atoms with E-state index < -0.39 is 0 Å². The first-order chi connectivity index (χ1) is 5.65. The van der Waals surface area contributed by atoms with E-state index in [1.807, 2.05) is 6.07 Å². The van der Waals surface area contributed by atoms with Crippen molar-refractivity contribution in [2.45, 2.75) is 6.92 Å². The third-order valence-corrected chi connectivity index (χ3v) is 2.43. The van der Waals surface area contributed by atoms with Gasteiger partial charge in [-0.1, -0.05) is 6.07 Å². The summed E-state index contributed by atoms with van der Waals surface area (Å²) in [4.78, 5) is 10.9. The van der Waals surface area contributed by atoms with Crippen molar-refractivity contribution in [3.8, 4) is 6.07 Å². The molecule has 1 rings (SSSR count). The number of halogens is 1. The Morgan fingerprint density at radius 1 is 1.58 bits per heavy atom. The summed E-state index contributed by atoms with van der Waals surface area (Å²) >= 11 is 2.07. The van der Waals surface area contributed by atoms with Gasteiger partial charge in [0.1, 0.15) is 6.07 Å². The predicted molar refractivity (Wildman–Crippen MR) is 53.9 cm³/mol. The van der Waals surface area contributed by atoms with Gasteiger partial charge in [-0.25, -0.2) is 0 Å². The largest absolute Gasteiger partial charge is 0.295 e. The summed E-state index contributed by atoms with van der Waals surface area (Å²) in [7, 11) is 0. The Bertz CT molecular complexity index is 365. The molecule has 2 nitrogen and oxygen atoms in total. The van der Waals surface area contributed by atoms with Crippen LogP contribution in [-0.2, 0) is 0 Å². The van der Waals surface area contributed by atoms with Crippen LogP contribution in [0.4, 0.5) is 0 Å². The maximum atomic E-state index is 10.9. The molecule has 12 heavy (non-hydrogen) atoms. The first kappa shape index (κ1) is 9.20. The Balaban J connectivity index is 3.25. The molecular weight excluding hydrogens is 265 g/mol. The van der Waals surface area contributed by atoms with Crippen LogP contribution in [0, 0.1) is 14.9 Å². The molecule has 0 bridgehead atoms. The molecule has 0 N–H and O–H groups in total.